The van der Waals surface area contributed by atoms with Crippen LogP contribution in [0.2, 0.25) is 5.02 Å². The predicted molar refractivity (Wildman–Crippen MR) is 185 cm³/mol. The number of para-hydroxylation sites is 1. The Bertz CT molecular complexity index is 2110. The predicted octanol–water partition coefficient (Wildman–Crippen LogP) is 7.87. The third kappa shape index (κ3) is 6.58. The number of aromatic hydroxyl groups is 2. The minimum absolute atomic E-state index is 0.0407. The first-order valence-electron chi connectivity index (χ1n) is 15.0. The topological polar surface area (TPSA) is 149 Å². The van der Waals surface area contributed by atoms with Crippen molar-refractivity contribution < 1.29 is 34.8 Å². The SMILES string of the molecule is Clc1ccc(Oc2ccccc2C2=NCCN2)cc1.O=C(O)c1cc2ccccc2c(Cc2c(O)c(C(=O)O)cc3ccccc23)c1O. The van der Waals surface area contributed by atoms with Crippen LogP contribution >= 0.6 is 11.6 Å². The van der Waals surface area contributed by atoms with E-state index < -0.39 is 23.4 Å². The molecule has 1 aliphatic rings. The molecule has 10 heteroatoms. The Morgan fingerprint density at radius 2 is 1.25 bits per heavy atom. The third-order valence-corrected chi connectivity index (χ3v) is 8.18. The van der Waals surface area contributed by atoms with Crippen molar-refractivity contribution in [1.82, 2.24) is 5.32 Å². The second-order valence-electron chi connectivity index (χ2n) is 10.9. The van der Waals surface area contributed by atoms with Gasteiger partial charge in [0, 0.05) is 29.1 Å². The van der Waals surface area contributed by atoms with Crippen molar-refractivity contribution in [3.8, 4) is 23.0 Å². The van der Waals surface area contributed by atoms with Crippen molar-refractivity contribution in [2.45, 2.75) is 6.42 Å². The average Bonchev–Trinajstić information content (AvgIpc) is 3.63. The molecule has 0 saturated heterocycles. The average molecular weight is 661 g/mol. The second kappa shape index (κ2) is 13.7. The summed E-state index contributed by atoms with van der Waals surface area (Å²) in [6.45, 7) is 1.69. The largest absolute Gasteiger partial charge is 0.507 e. The van der Waals surface area contributed by atoms with E-state index >= 15 is 0 Å². The summed E-state index contributed by atoms with van der Waals surface area (Å²) in [4.78, 5) is 27.6. The van der Waals surface area contributed by atoms with Crippen LogP contribution in [-0.4, -0.2) is 51.3 Å². The third-order valence-electron chi connectivity index (χ3n) is 7.93. The molecule has 6 aromatic rings. The lowest BCUT2D eigenvalue weighted by atomic mass is 9.90. The highest BCUT2D eigenvalue weighted by atomic mass is 35.5. The van der Waals surface area contributed by atoms with Gasteiger partial charge in [-0.2, -0.15) is 0 Å². The van der Waals surface area contributed by atoms with Gasteiger partial charge < -0.3 is 30.5 Å². The number of benzene rings is 6. The quantitative estimate of drug-likeness (QED) is 0.116. The molecule has 0 amide bonds. The first kappa shape index (κ1) is 31.9. The number of aromatic carboxylic acids is 2. The minimum atomic E-state index is -1.28. The number of hydrogen-bond donors (Lipinski definition) is 5. The number of carboxylic acid groups (broad SMARTS) is 2. The molecule has 1 aliphatic heterocycles. The zero-order valence-corrected chi connectivity index (χ0v) is 26.1. The Kier molecular flexibility index (Phi) is 9.13. The lowest BCUT2D eigenvalue weighted by Crippen LogP contribution is -2.19. The number of phenols is 2. The first-order valence-corrected chi connectivity index (χ1v) is 15.3. The van der Waals surface area contributed by atoms with Crippen molar-refractivity contribution in [2.24, 2.45) is 4.99 Å². The molecule has 0 aromatic heterocycles. The van der Waals surface area contributed by atoms with Gasteiger partial charge >= 0.3 is 11.9 Å². The number of rotatable bonds is 7. The van der Waals surface area contributed by atoms with Crippen LogP contribution in [0.4, 0.5) is 0 Å². The summed E-state index contributed by atoms with van der Waals surface area (Å²) in [6, 6.07) is 32.0. The van der Waals surface area contributed by atoms with Crippen LogP contribution in [0.3, 0.4) is 0 Å². The van der Waals surface area contributed by atoms with E-state index in [0.29, 0.717) is 37.7 Å². The molecule has 6 aromatic carbocycles. The fraction of sp³-hybridized carbons (Fsp3) is 0.0789. The van der Waals surface area contributed by atoms with Crippen LogP contribution in [0, 0.1) is 0 Å². The molecule has 0 aliphatic carbocycles. The molecule has 0 saturated carbocycles. The highest BCUT2D eigenvalue weighted by molar-refractivity contribution is 6.30. The summed E-state index contributed by atoms with van der Waals surface area (Å²) in [5, 5.41) is 46.8. The summed E-state index contributed by atoms with van der Waals surface area (Å²) in [5.41, 5.74) is 1.09. The Morgan fingerprint density at radius 1 is 0.729 bits per heavy atom. The van der Waals surface area contributed by atoms with Crippen LogP contribution in [0.15, 0.2) is 114 Å². The van der Waals surface area contributed by atoms with Crippen molar-refractivity contribution in [2.75, 3.05) is 13.1 Å². The molecule has 0 bridgehead atoms. The first-order chi connectivity index (χ1) is 23.2. The number of nitrogens with one attached hydrogen (secondary N) is 1. The van der Waals surface area contributed by atoms with Crippen molar-refractivity contribution >= 4 is 50.9 Å². The normalized spacial score (nSPS) is 12.1. The molecule has 240 valence electrons. The molecule has 7 rings (SSSR count). The van der Waals surface area contributed by atoms with Crippen molar-refractivity contribution in [3.63, 3.8) is 0 Å². The van der Waals surface area contributed by atoms with Crippen LogP contribution in [0.1, 0.15) is 37.4 Å². The van der Waals surface area contributed by atoms with E-state index in [9.17, 15) is 30.0 Å². The monoisotopic (exact) mass is 660 g/mol. The van der Waals surface area contributed by atoms with Gasteiger partial charge in [0.1, 0.15) is 40.0 Å². The lowest BCUT2D eigenvalue weighted by molar-refractivity contribution is 0.0682. The van der Waals surface area contributed by atoms with Crippen LogP contribution in [-0.2, 0) is 6.42 Å². The Balaban J connectivity index is 0.000000182. The zero-order valence-electron chi connectivity index (χ0n) is 25.4. The molecule has 9 nitrogen and oxygen atoms in total. The number of carboxylic acids is 2. The molecule has 48 heavy (non-hydrogen) atoms. The maximum Gasteiger partial charge on any atom is 0.339 e. The number of amidine groups is 1. The van der Waals surface area contributed by atoms with Crippen LogP contribution in [0.5, 0.6) is 23.0 Å². The fourth-order valence-corrected chi connectivity index (χ4v) is 5.77. The van der Waals surface area contributed by atoms with E-state index in [0.717, 1.165) is 36.0 Å². The van der Waals surface area contributed by atoms with E-state index in [4.69, 9.17) is 16.3 Å². The molecule has 0 fully saturated rings. The summed E-state index contributed by atoms with van der Waals surface area (Å²) in [5.74, 6) is -0.912. The Labute approximate surface area is 280 Å². The Hall–Kier alpha value is -6.06. The summed E-state index contributed by atoms with van der Waals surface area (Å²) in [6.07, 6.45) is -0.0407. The number of ether oxygens (including phenoxy) is 1. The van der Waals surface area contributed by atoms with Gasteiger partial charge in [-0.25, -0.2) is 9.59 Å². The van der Waals surface area contributed by atoms with E-state index in [-0.39, 0.29) is 17.5 Å². The maximum absolute atomic E-state index is 11.6. The molecule has 5 N–H and O–H groups in total. The fourth-order valence-electron chi connectivity index (χ4n) is 5.64. The van der Waals surface area contributed by atoms with Gasteiger partial charge in [0.15, 0.2) is 0 Å². The highest BCUT2D eigenvalue weighted by Gasteiger charge is 2.22. The smallest absolute Gasteiger partial charge is 0.339 e. The van der Waals surface area contributed by atoms with E-state index in [1.807, 2.05) is 48.5 Å². The van der Waals surface area contributed by atoms with Gasteiger partial charge in [-0.3, -0.25) is 4.99 Å². The molecule has 0 unspecified atom stereocenters. The molecule has 0 atom stereocenters. The van der Waals surface area contributed by atoms with Crippen LogP contribution < -0.4 is 10.1 Å². The standard InChI is InChI=1S/C23H16O6.C15H13ClN2O/c24-20-16(14-7-3-1-5-12(14)9-18(20)22(26)27)11-17-15-8-4-2-6-13(15)10-19(21(17)25)23(28)29;16-11-5-7-12(8-6-11)19-14-4-2-1-3-13(14)15-17-9-10-18-15/h1-10,24-25H,11H2,(H,26,27)(H,28,29);1-8H,9-10H2,(H,17,18). The zero-order chi connectivity index (χ0) is 33.8. The maximum atomic E-state index is 11.6. The molecular weight excluding hydrogens is 632 g/mol. The van der Waals surface area contributed by atoms with Gasteiger partial charge in [0.05, 0.1) is 12.1 Å². The molecular formula is C38H29ClN2O7. The number of hydrogen-bond acceptors (Lipinski definition) is 7. The highest BCUT2D eigenvalue weighted by Crippen LogP contribution is 2.39. The summed E-state index contributed by atoms with van der Waals surface area (Å²) >= 11 is 5.86. The number of halogens is 1. The van der Waals surface area contributed by atoms with Gasteiger partial charge in [0.2, 0.25) is 0 Å². The number of fused-ring (bicyclic) bond motifs is 2. The Morgan fingerprint density at radius 3 is 1.77 bits per heavy atom. The molecule has 0 spiro atoms. The van der Waals surface area contributed by atoms with Crippen molar-refractivity contribution in [3.05, 3.63) is 142 Å². The summed E-state index contributed by atoms with van der Waals surface area (Å²) in [7, 11) is 0. The summed E-state index contributed by atoms with van der Waals surface area (Å²) < 4.78 is 5.90. The van der Waals surface area contributed by atoms with Gasteiger partial charge in [-0.05, 0) is 70.1 Å². The van der Waals surface area contributed by atoms with Gasteiger partial charge in [-0.1, -0.05) is 72.3 Å². The number of carbonyl (C=O) groups is 2. The van der Waals surface area contributed by atoms with E-state index in [2.05, 4.69) is 10.3 Å². The molecule has 0 radical (unpaired) electrons. The second-order valence-corrected chi connectivity index (χ2v) is 11.4. The molecule has 1 heterocycles. The number of nitrogens with zero attached hydrogens (tertiary/aromatic N) is 1. The van der Waals surface area contributed by atoms with Gasteiger partial charge in [-0.15, -0.1) is 0 Å². The van der Waals surface area contributed by atoms with Gasteiger partial charge in [0.25, 0.3) is 0 Å². The van der Waals surface area contributed by atoms with E-state index in [1.165, 1.54) is 12.1 Å². The van der Waals surface area contributed by atoms with Crippen molar-refractivity contribution in [1.29, 1.82) is 0 Å². The van der Waals surface area contributed by atoms with Crippen LogP contribution in [0.25, 0.3) is 21.5 Å². The lowest BCUT2D eigenvalue weighted by Gasteiger charge is -2.16. The minimum Gasteiger partial charge on any atom is -0.507 e. The number of aliphatic imine (C=N–C) groups is 1. The van der Waals surface area contributed by atoms with E-state index in [1.54, 1.807) is 48.5 Å².